The van der Waals surface area contributed by atoms with Gasteiger partial charge in [0.2, 0.25) is 5.69 Å². The number of benzene rings is 3. The van der Waals surface area contributed by atoms with Crippen LogP contribution in [0.25, 0.3) is 5.70 Å². The smallest absolute Gasteiger partial charge is 0.203 e. The third-order valence-corrected chi connectivity index (χ3v) is 4.44. The fourth-order valence-corrected chi connectivity index (χ4v) is 2.63. The van der Waals surface area contributed by atoms with E-state index in [1.807, 2.05) is 6.07 Å². The summed E-state index contributed by atoms with van der Waals surface area (Å²) in [6.45, 7) is 0. The SMILES string of the molecule is Fc1ccc(N/C(=C/C=[NH+]c2ccc(F)cc2)c2ccc(Cl)c(Cl)c2)cc1.[Cl-]. The topological polar surface area (TPSA) is 26.0 Å². The molecule has 0 atom stereocenters. The second-order valence-electron chi connectivity index (χ2n) is 5.66. The van der Waals surface area contributed by atoms with Crippen LogP contribution in [0.4, 0.5) is 20.2 Å². The molecule has 2 nitrogen and oxygen atoms in total. The van der Waals surface area contributed by atoms with Crippen LogP contribution >= 0.6 is 23.2 Å². The van der Waals surface area contributed by atoms with Crippen LogP contribution < -0.4 is 22.7 Å². The lowest BCUT2D eigenvalue weighted by Gasteiger charge is -2.11. The molecule has 144 valence electrons. The zero-order valence-electron chi connectivity index (χ0n) is 14.4. The highest BCUT2D eigenvalue weighted by atomic mass is 35.5. The third kappa shape index (κ3) is 6.06. The quantitative estimate of drug-likeness (QED) is 0.586. The van der Waals surface area contributed by atoms with Gasteiger partial charge < -0.3 is 17.7 Å². The summed E-state index contributed by atoms with van der Waals surface area (Å²) in [7, 11) is 0. The monoisotopic (exact) mass is 438 g/mol. The van der Waals surface area contributed by atoms with Gasteiger partial charge in [-0.1, -0.05) is 29.3 Å². The lowest BCUT2D eigenvalue weighted by atomic mass is 10.1. The second kappa shape index (κ2) is 10.2. The van der Waals surface area contributed by atoms with Gasteiger partial charge in [-0.25, -0.2) is 13.8 Å². The summed E-state index contributed by atoms with van der Waals surface area (Å²) < 4.78 is 26.1. The van der Waals surface area contributed by atoms with Crippen LogP contribution in [0.15, 0.2) is 72.8 Å². The molecule has 0 saturated carbocycles. The zero-order valence-corrected chi connectivity index (χ0v) is 16.7. The van der Waals surface area contributed by atoms with Gasteiger partial charge in [-0.05, 0) is 54.1 Å². The number of anilines is 1. The van der Waals surface area contributed by atoms with Crippen molar-refractivity contribution in [2.45, 2.75) is 0 Å². The summed E-state index contributed by atoms with van der Waals surface area (Å²) in [5.74, 6) is -0.615. The minimum absolute atomic E-state index is 0. The van der Waals surface area contributed by atoms with Crippen molar-refractivity contribution >= 4 is 46.5 Å². The fourth-order valence-electron chi connectivity index (χ4n) is 2.33. The maximum absolute atomic E-state index is 13.1. The zero-order chi connectivity index (χ0) is 19.2. The highest BCUT2D eigenvalue weighted by Crippen LogP contribution is 2.27. The first-order valence-electron chi connectivity index (χ1n) is 8.05. The molecule has 7 heteroatoms. The summed E-state index contributed by atoms with van der Waals surface area (Å²) in [4.78, 5) is 3.07. The molecule has 0 aliphatic rings. The molecule has 0 bridgehead atoms. The van der Waals surface area contributed by atoms with E-state index in [9.17, 15) is 8.78 Å². The fraction of sp³-hybridized carbons (Fsp3) is 0. The van der Waals surface area contributed by atoms with Gasteiger partial charge >= 0.3 is 0 Å². The molecule has 3 aromatic rings. The van der Waals surface area contributed by atoms with E-state index in [1.165, 1.54) is 24.3 Å². The Bertz CT molecular complexity index is 986. The number of hydrogen-bond donors (Lipinski definition) is 2. The highest BCUT2D eigenvalue weighted by molar-refractivity contribution is 6.42. The molecule has 0 radical (unpaired) electrons. The molecule has 3 rings (SSSR count). The Hall–Kier alpha value is -2.40. The van der Waals surface area contributed by atoms with Crippen molar-refractivity contribution in [3.05, 3.63) is 100 Å². The molecular weight excluding hydrogens is 425 g/mol. The van der Waals surface area contributed by atoms with Crippen molar-refractivity contribution in [1.29, 1.82) is 0 Å². The largest absolute Gasteiger partial charge is 1.00 e. The molecule has 2 N–H and O–H groups in total. The molecule has 0 amide bonds. The molecule has 28 heavy (non-hydrogen) atoms. The Morgan fingerprint density at radius 2 is 1.43 bits per heavy atom. The van der Waals surface area contributed by atoms with Crippen LogP contribution in [-0.4, -0.2) is 6.21 Å². The standard InChI is InChI=1S/C21H14Cl2F2N2.ClH/c22-19-10-1-14(13-20(19)23)21(27-18-8-4-16(25)5-9-18)11-12-26-17-6-2-15(24)3-7-17;/h1-13,27H;1H/b21-11+,26-12?;. The molecule has 0 spiro atoms. The van der Waals surface area contributed by atoms with Crippen LogP contribution in [0.3, 0.4) is 0 Å². The third-order valence-electron chi connectivity index (χ3n) is 3.70. The van der Waals surface area contributed by atoms with Gasteiger partial charge in [0, 0.05) is 23.9 Å². The van der Waals surface area contributed by atoms with Gasteiger partial charge in [0.1, 0.15) is 11.6 Å². The van der Waals surface area contributed by atoms with E-state index < -0.39 is 0 Å². The number of allylic oxidation sites excluding steroid dienone is 1. The van der Waals surface area contributed by atoms with Crippen LogP contribution in [0.5, 0.6) is 0 Å². The van der Waals surface area contributed by atoms with Crippen LogP contribution in [0.2, 0.25) is 10.0 Å². The van der Waals surface area contributed by atoms with Gasteiger partial charge in [0.05, 0.1) is 15.7 Å². The van der Waals surface area contributed by atoms with Crippen molar-refractivity contribution in [2.75, 3.05) is 5.32 Å². The molecule has 0 saturated heterocycles. The summed E-state index contributed by atoms with van der Waals surface area (Å²) in [6, 6.07) is 17.3. The van der Waals surface area contributed by atoms with E-state index in [-0.39, 0.29) is 24.0 Å². The molecule has 0 aliphatic heterocycles. The van der Waals surface area contributed by atoms with Crippen molar-refractivity contribution in [3.8, 4) is 0 Å². The van der Waals surface area contributed by atoms with Crippen LogP contribution in [0, 0.1) is 11.6 Å². The second-order valence-corrected chi connectivity index (χ2v) is 6.47. The molecule has 0 fully saturated rings. The van der Waals surface area contributed by atoms with Crippen LogP contribution in [0.1, 0.15) is 5.56 Å². The average molecular weight is 440 g/mol. The molecule has 0 unspecified atom stereocenters. The van der Waals surface area contributed by atoms with Gasteiger partial charge in [-0.2, -0.15) is 0 Å². The minimum Gasteiger partial charge on any atom is -1.00 e. The Labute approximate surface area is 177 Å². The van der Waals surface area contributed by atoms with Crippen molar-refractivity contribution in [2.24, 2.45) is 0 Å². The summed E-state index contributed by atoms with van der Waals surface area (Å²) >= 11 is 12.1. The maximum Gasteiger partial charge on any atom is 0.203 e. The van der Waals surface area contributed by atoms with Gasteiger partial charge in [0.15, 0.2) is 6.21 Å². The van der Waals surface area contributed by atoms with Gasteiger partial charge in [0.25, 0.3) is 0 Å². The van der Waals surface area contributed by atoms with Crippen molar-refractivity contribution in [3.63, 3.8) is 0 Å². The molecular formula is C21H15Cl3F2N2. The van der Waals surface area contributed by atoms with Crippen LogP contribution in [-0.2, 0) is 0 Å². The van der Waals surface area contributed by atoms with Gasteiger partial charge in [-0.3, -0.25) is 0 Å². The van der Waals surface area contributed by atoms with E-state index in [4.69, 9.17) is 23.2 Å². The summed E-state index contributed by atoms with van der Waals surface area (Å²) in [5.41, 5.74) is 2.97. The highest BCUT2D eigenvalue weighted by Gasteiger charge is 2.06. The molecule has 0 heterocycles. The average Bonchev–Trinajstić information content (AvgIpc) is 2.66. The Morgan fingerprint density at radius 3 is 2.04 bits per heavy atom. The Morgan fingerprint density at radius 1 is 0.821 bits per heavy atom. The summed E-state index contributed by atoms with van der Waals surface area (Å²) in [5, 5.41) is 4.10. The first kappa shape index (κ1) is 21.9. The Kier molecular flexibility index (Phi) is 8.00. The number of nitrogens with one attached hydrogen (secondary N) is 2. The number of hydrogen-bond acceptors (Lipinski definition) is 1. The molecule has 3 aromatic carbocycles. The Balaban J connectivity index is 0.00000280. The van der Waals surface area contributed by atoms with E-state index in [0.717, 1.165) is 16.9 Å². The van der Waals surface area contributed by atoms with E-state index >= 15 is 0 Å². The first-order chi connectivity index (χ1) is 13.0. The normalized spacial score (nSPS) is 11.4. The predicted octanol–water partition coefficient (Wildman–Crippen LogP) is 2.21. The molecule has 0 aromatic heterocycles. The van der Waals surface area contributed by atoms with Crippen molar-refractivity contribution < 1.29 is 26.2 Å². The number of halogens is 5. The lowest BCUT2D eigenvalue weighted by molar-refractivity contribution is -0.346. The van der Waals surface area contributed by atoms with Crippen molar-refractivity contribution in [1.82, 2.24) is 0 Å². The van der Waals surface area contributed by atoms with E-state index in [2.05, 4.69) is 10.3 Å². The lowest BCUT2D eigenvalue weighted by Crippen LogP contribution is -3.00. The van der Waals surface area contributed by atoms with E-state index in [0.29, 0.717) is 15.7 Å². The number of rotatable bonds is 5. The van der Waals surface area contributed by atoms with Gasteiger partial charge in [-0.15, -0.1) is 0 Å². The molecule has 0 aliphatic carbocycles. The summed E-state index contributed by atoms with van der Waals surface area (Å²) in [6.07, 6.45) is 3.51. The van der Waals surface area contributed by atoms with E-state index in [1.54, 1.807) is 48.7 Å². The predicted molar refractivity (Wildman–Crippen MR) is 108 cm³/mol. The minimum atomic E-state index is -0.315. The maximum atomic E-state index is 13.1. The first-order valence-corrected chi connectivity index (χ1v) is 8.80.